The van der Waals surface area contributed by atoms with Crippen molar-refractivity contribution in [3.63, 3.8) is 0 Å². The molecular weight excluding hydrogens is 390 g/mol. The van der Waals surface area contributed by atoms with E-state index < -0.39 is 0 Å². The minimum atomic E-state index is -0.314. The Hall–Kier alpha value is -3.45. The fraction of sp³-hybridized carbons (Fsp3) is 0.143. The van der Waals surface area contributed by atoms with Gasteiger partial charge in [-0.15, -0.1) is 0 Å². The lowest BCUT2D eigenvalue weighted by atomic mass is 10.1. The molecule has 146 valence electrons. The van der Waals surface area contributed by atoms with Crippen LogP contribution in [0.25, 0.3) is 16.9 Å². The zero-order valence-corrected chi connectivity index (χ0v) is 16.7. The molecule has 0 aliphatic carbocycles. The predicted molar refractivity (Wildman–Crippen MR) is 110 cm³/mol. The van der Waals surface area contributed by atoms with Gasteiger partial charge in [0, 0.05) is 35.5 Å². The van der Waals surface area contributed by atoms with Crippen molar-refractivity contribution in [1.29, 1.82) is 0 Å². The third-order valence-corrected chi connectivity index (χ3v) is 4.84. The van der Waals surface area contributed by atoms with Gasteiger partial charge >= 0.3 is 5.69 Å². The Kier molecular flexibility index (Phi) is 5.14. The van der Waals surface area contributed by atoms with Crippen molar-refractivity contribution in [2.45, 2.75) is 13.5 Å². The van der Waals surface area contributed by atoms with E-state index in [4.69, 9.17) is 16.3 Å². The first-order chi connectivity index (χ1) is 14.0. The molecule has 2 aromatic carbocycles. The molecule has 2 aromatic heterocycles. The van der Waals surface area contributed by atoms with Gasteiger partial charge in [-0.3, -0.25) is 4.98 Å². The van der Waals surface area contributed by atoms with Crippen molar-refractivity contribution in [2.24, 2.45) is 7.05 Å². The number of pyridine rings is 1. The minimum absolute atomic E-state index is 0.273. The molecule has 4 rings (SSSR count). The normalized spacial score (nSPS) is 10.9. The average molecular weight is 408 g/mol. The predicted octanol–water partition coefficient (Wildman–Crippen LogP) is 3.57. The van der Waals surface area contributed by atoms with Crippen LogP contribution in [0.4, 0.5) is 0 Å². The number of benzene rings is 2. The quantitative estimate of drug-likeness (QED) is 0.505. The number of aryl methyl sites for hydroxylation is 2. The summed E-state index contributed by atoms with van der Waals surface area (Å²) in [7, 11) is 1.56. The summed E-state index contributed by atoms with van der Waals surface area (Å²) in [5.74, 6) is 0.672. The standard InChI is InChI=1S/C21H18ClN5O2/c1-14-4-3-5-20(27-21(28)26(2)24-25-27)18(14)13-29-17-10-11-23-19(12-17)15-6-8-16(22)9-7-15/h3-12H,13H2,1-2H3. The Morgan fingerprint density at radius 2 is 1.86 bits per heavy atom. The van der Waals surface area contributed by atoms with Gasteiger partial charge in [-0.05, 0) is 47.2 Å². The maximum atomic E-state index is 12.3. The highest BCUT2D eigenvalue weighted by molar-refractivity contribution is 6.30. The van der Waals surface area contributed by atoms with E-state index in [2.05, 4.69) is 15.4 Å². The van der Waals surface area contributed by atoms with Crippen LogP contribution < -0.4 is 10.4 Å². The lowest BCUT2D eigenvalue weighted by Crippen LogP contribution is -2.23. The van der Waals surface area contributed by atoms with E-state index in [0.29, 0.717) is 16.5 Å². The van der Waals surface area contributed by atoms with Gasteiger partial charge in [0.2, 0.25) is 0 Å². The van der Waals surface area contributed by atoms with E-state index in [-0.39, 0.29) is 12.3 Å². The number of halogens is 1. The molecular formula is C21H18ClN5O2. The molecule has 0 saturated heterocycles. The number of rotatable bonds is 5. The van der Waals surface area contributed by atoms with Gasteiger partial charge in [-0.2, -0.15) is 9.36 Å². The number of hydrogen-bond donors (Lipinski definition) is 0. The van der Waals surface area contributed by atoms with Gasteiger partial charge in [0.05, 0.1) is 11.4 Å². The van der Waals surface area contributed by atoms with Crippen molar-refractivity contribution in [3.05, 3.63) is 87.4 Å². The molecule has 7 nitrogen and oxygen atoms in total. The van der Waals surface area contributed by atoms with E-state index in [0.717, 1.165) is 22.4 Å². The number of aromatic nitrogens is 5. The summed E-state index contributed by atoms with van der Waals surface area (Å²) < 4.78 is 8.50. The Bertz CT molecular complexity index is 1210. The van der Waals surface area contributed by atoms with Crippen molar-refractivity contribution < 1.29 is 4.74 Å². The SMILES string of the molecule is Cc1cccc(-n2nnn(C)c2=O)c1COc1ccnc(-c2ccc(Cl)cc2)c1. The van der Waals surface area contributed by atoms with Crippen LogP contribution in [0.5, 0.6) is 5.75 Å². The molecule has 0 aliphatic heterocycles. The van der Waals surface area contributed by atoms with E-state index in [1.54, 1.807) is 19.3 Å². The molecule has 0 N–H and O–H groups in total. The monoisotopic (exact) mass is 407 g/mol. The van der Waals surface area contributed by atoms with Crippen LogP contribution in [0.2, 0.25) is 5.02 Å². The highest BCUT2D eigenvalue weighted by atomic mass is 35.5. The molecule has 0 amide bonds. The van der Waals surface area contributed by atoms with Crippen LogP contribution in [-0.2, 0) is 13.7 Å². The first kappa shape index (κ1) is 18.9. The van der Waals surface area contributed by atoms with Crippen LogP contribution >= 0.6 is 11.6 Å². The Labute approximate surface area is 172 Å². The Morgan fingerprint density at radius 1 is 1.07 bits per heavy atom. The van der Waals surface area contributed by atoms with Gasteiger partial charge in [0.1, 0.15) is 12.4 Å². The summed E-state index contributed by atoms with van der Waals surface area (Å²) in [6, 6.07) is 16.8. The Morgan fingerprint density at radius 3 is 2.59 bits per heavy atom. The molecule has 0 saturated carbocycles. The lowest BCUT2D eigenvalue weighted by molar-refractivity contribution is 0.304. The van der Waals surface area contributed by atoms with Gasteiger partial charge in [-0.25, -0.2) is 4.79 Å². The summed E-state index contributed by atoms with van der Waals surface area (Å²) in [6.45, 7) is 2.24. The summed E-state index contributed by atoms with van der Waals surface area (Å²) >= 11 is 5.96. The number of ether oxygens (including phenoxy) is 1. The smallest absolute Gasteiger partial charge is 0.368 e. The van der Waals surface area contributed by atoms with Gasteiger partial charge in [0.25, 0.3) is 0 Å². The summed E-state index contributed by atoms with van der Waals surface area (Å²) in [5.41, 5.74) is 3.92. The maximum absolute atomic E-state index is 12.3. The highest BCUT2D eigenvalue weighted by Gasteiger charge is 2.13. The number of nitrogens with zero attached hydrogens (tertiary/aromatic N) is 5. The summed E-state index contributed by atoms with van der Waals surface area (Å²) in [4.78, 5) is 16.7. The average Bonchev–Trinajstić information content (AvgIpc) is 3.06. The maximum Gasteiger partial charge on any atom is 0.368 e. The summed E-state index contributed by atoms with van der Waals surface area (Å²) in [6.07, 6.45) is 1.70. The third kappa shape index (κ3) is 3.90. The second-order valence-corrected chi connectivity index (χ2v) is 6.98. The molecule has 29 heavy (non-hydrogen) atoms. The largest absolute Gasteiger partial charge is 0.489 e. The second kappa shape index (κ2) is 7.89. The van der Waals surface area contributed by atoms with E-state index >= 15 is 0 Å². The second-order valence-electron chi connectivity index (χ2n) is 6.54. The molecule has 0 atom stereocenters. The van der Waals surface area contributed by atoms with Crippen LogP contribution in [0.3, 0.4) is 0 Å². The fourth-order valence-corrected chi connectivity index (χ4v) is 3.10. The molecule has 0 fully saturated rings. The molecule has 2 heterocycles. The minimum Gasteiger partial charge on any atom is -0.489 e. The fourth-order valence-electron chi connectivity index (χ4n) is 2.97. The molecule has 0 unspecified atom stereocenters. The molecule has 0 spiro atoms. The lowest BCUT2D eigenvalue weighted by Gasteiger charge is -2.13. The zero-order chi connectivity index (χ0) is 20.4. The van der Waals surface area contributed by atoms with E-state index in [1.807, 2.05) is 55.5 Å². The first-order valence-corrected chi connectivity index (χ1v) is 9.33. The van der Waals surface area contributed by atoms with Crippen molar-refractivity contribution in [3.8, 4) is 22.7 Å². The van der Waals surface area contributed by atoms with Gasteiger partial charge < -0.3 is 4.74 Å². The molecule has 8 heteroatoms. The number of tetrazole rings is 1. The van der Waals surface area contributed by atoms with Crippen molar-refractivity contribution in [2.75, 3.05) is 0 Å². The van der Waals surface area contributed by atoms with Crippen LogP contribution in [0, 0.1) is 6.92 Å². The number of hydrogen-bond acceptors (Lipinski definition) is 5. The van der Waals surface area contributed by atoms with Gasteiger partial charge in [-0.1, -0.05) is 35.9 Å². The van der Waals surface area contributed by atoms with E-state index in [9.17, 15) is 4.79 Å². The first-order valence-electron chi connectivity index (χ1n) is 8.95. The van der Waals surface area contributed by atoms with Crippen molar-refractivity contribution >= 4 is 11.6 Å². The van der Waals surface area contributed by atoms with Crippen LogP contribution in [0.1, 0.15) is 11.1 Å². The zero-order valence-electron chi connectivity index (χ0n) is 15.9. The Balaban J connectivity index is 1.62. The molecule has 0 bridgehead atoms. The van der Waals surface area contributed by atoms with Crippen LogP contribution in [0.15, 0.2) is 65.6 Å². The van der Waals surface area contributed by atoms with E-state index in [1.165, 1.54) is 9.36 Å². The third-order valence-electron chi connectivity index (χ3n) is 4.59. The molecule has 4 aromatic rings. The topological polar surface area (TPSA) is 74.8 Å². The van der Waals surface area contributed by atoms with Gasteiger partial charge in [0.15, 0.2) is 0 Å². The summed E-state index contributed by atoms with van der Waals surface area (Å²) in [5, 5.41) is 8.41. The molecule has 0 radical (unpaired) electrons. The molecule has 0 aliphatic rings. The highest BCUT2D eigenvalue weighted by Crippen LogP contribution is 2.25. The van der Waals surface area contributed by atoms with Crippen molar-refractivity contribution in [1.82, 2.24) is 24.8 Å². The van der Waals surface area contributed by atoms with Crippen LogP contribution in [-0.4, -0.2) is 24.8 Å².